The second-order valence-electron chi connectivity index (χ2n) is 5.49. The van der Waals surface area contributed by atoms with E-state index >= 15 is 0 Å². The van der Waals surface area contributed by atoms with E-state index in [2.05, 4.69) is 16.0 Å². The Labute approximate surface area is 124 Å². The molecule has 0 radical (unpaired) electrons. The summed E-state index contributed by atoms with van der Waals surface area (Å²) in [7, 11) is 1.71. The fraction of sp³-hybridized carbons (Fsp3) is 0.438. The van der Waals surface area contributed by atoms with Crippen molar-refractivity contribution in [1.82, 2.24) is 14.5 Å². The second kappa shape index (κ2) is 6.18. The maximum absolute atomic E-state index is 11.7. The quantitative estimate of drug-likeness (QED) is 0.936. The molecule has 1 N–H and O–H groups in total. The number of para-hydroxylation sites is 1. The van der Waals surface area contributed by atoms with Gasteiger partial charge in [-0.3, -0.25) is 9.47 Å². The fourth-order valence-corrected chi connectivity index (χ4v) is 3.05. The number of imidazole rings is 1. The van der Waals surface area contributed by atoms with E-state index in [0.29, 0.717) is 6.04 Å². The van der Waals surface area contributed by atoms with Crippen LogP contribution in [0.4, 0.5) is 0 Å². The molecule has 0 amide bonds. The summed E-state index contributed by atoms with van der Waals surface area (Å²) >= 11 is 0. The fourth-order valence-electron chi connectivity index (χ4n) is 3.05. The van der Waals surface area contributed by atoms with Gasteiger partial charge in [0, 0.05) is 43.6 Å². The third-order valence-corrected chi connectivity index (χ3v) is 4.21. The van der Waals surface area contributed by atoms with E-state index in [1.54, 1.807) is 13.3 Å². The van der Waals surface area contributed by atoms with Crippen molar-refractivity contribution >= 4 is 0 Å². The number of aromatic nitrogens is 2. The Kier molecular flexibility index (Phi) is 4.10. The third kappa shape index (κ3) is 3.03. The molecule has 1 saturated heterocycles. The van der Waals surface area contributed by atoms with Gasteiger partial charge in [0.1, 0.15) is 5.75 Å². The monoisotopic (exact) mass is 287 g/mol. The summed E-state index contributed by atoms with van der Waals surface area (Å²) in [4.78, 5) is 16.8. The number of likely N-dealkylation sites (tertiary alicyclic amines) is 1. The predicted molar refractivity (Wildman–Crippen MR) is 81.6 cm³/mol. The molecule has 5 nitrogen and oxygen atoms in total. The van der Waals surface area contributed by atoms with Crippen LogP contribution in [0.5, 0.6) is 5.75 Å². The van der Waals surface area contributed by atoms with Crippen molar-refractivity contribution in [3.63, 3.8) is 0 Å². The molecule has 1 fully saturated rings. The van der Waals surface area contributed by atoms with Crippen LogP contribution < -0.4 is 10.4 Å². The molecule has 0 aliphatic carbocycles. The Hall–Kier alpha value is -2.01. The standard InChI is InChI=1S/C16H21N3O2/c1-21-15-5-3-2-4-13(15)12-18-9-6-14(7-10-18)19-11-8-17-16(19)20/h2-5,8,11,14H,6-7,9-10,12H2,1H3,(H,17,20). The molecule has 0 unspecified atom stereocenters. The van der Waals surface area contributed by atoms with Crippen LogP contribution >= 0.6 is 0 Å². The minimum absolute atomic E-state index is 0.00169. The summed E-state index contributed by atoms with van der Waals surface area (Å²) in [6, 6.07) is 8.47. The van der Waals surface area contributed by atoms with Crippen molar-refractivity contribution in [2.75, 3.05) is 20.2 Å². The highest BCUT2D eigenvalue weighted by molar-refractivity contribution is 5.33. The van der Waals surface area contributed by atoms with Crippen molar-refractivity contribution in [3.05, 3.63) is 52.7 Å². The lowest BCUT2D eigenvalue weighted by Crippen LogP contribution is -2.36. The molecule has 5 heteroatoms. The normalized spacial score (nSPS) is 17.0. The van der Waals surface area contributed by atoms with Crippen LogP contribution in [-0.4, -0.2) is 34.7 Å². The van der Waals surface area contributed by atoms with Gasteiger partial charge in [0.05, 0.1) is 7.11 Å². The maximum Gasteiger partial charge on any atom is 0.325 e. The molecule has 0 atom stereocenters. The lowest BCUT2D eigenvalue weighted by molar-refractivity contribution is 0.176. The molecular weight excluding hydrogens is 266 g/mol. The summed E-state index contributed by atoms with van der Waals surface area (Å²) in [6.45, 7) is 2.90. The first-order valence-electron chi connectivity index (χ1n) is 7.37. The van der Waals surface area contributed by atoms with E-state index in [1.807, 2.05) is 29.0 Å². The van der Waals surface area contributed by atoms with Gasteiger partial charge in [-0.15, -0.1) is 0 Å². The summed E-state index contributed by atoms with van der Waals surface area (Å²) in [5.41, 5.74) is 1.22. The highest BCUT2D eigenvalue weighted by Crippen LogP contribution is 2.25. The first-order valence-corrected chi connectivity index (χ1v) is 7.37. The summed E-state index contributed by atoms with van der Waals surface area (Å²) in [6.07, 6.45) is 5.58. The van der Waals surface area contributed by atoms with Crippen molar-refractivity contribution in [1.29, 1.82) is 0 Å². The van der Waals surface area contributed by atoms with Crippen LogP contribution in [0.2, 0.25) is 0 Å². The minimum atomic E-state index is -0.00169. The Balaban J connectivity index is 1.61. The Morgan fingerprint density at radius 1 is 1.29 bits per heavy atom. The molecule has 1 aromatic heterocycles. The summed E-state index contributed by atoms with van der Waals surface area (Å²) in [5, 5.41) is 0. The minimum Gasteiger partial charge on any atom is -0.496 e. The lowest BCUT2D eigenvalue weighted by atomic mass is 10.0. The first-order chi connectivity index (χ1) is 10.3. The molecule has 1 aliphatic rings. The largest absolute Gasteiger partial charge is 0.496 e. The zero-order valence-electron chi connectivity index (χ0n) is 12.3. The summed E-state index contributed by atoms with van der Waals surface area (Å²) < 4.78 is 7.23. The van der Waals surface area contributed by atoms with E-state index < -0.39 is 0 Å². The van der Waals surface area contributed by atoms with Crippen LogP contribution in [0.1, 0.15) is 24.4 Å². The molecule has 112 valence electrons. The zero-order chi connectivity index (χ0) is 14.7. The number of benzene rings is 1. The predicted octanol–water partition coefficient (Wildman–Crippen LogP) is 2.02. The van der Waals surface area contributed by atoms with Crippen molar-refractivity contribution in [3.8, 4) is 5.75 Å². The topological polar surface area (TPSA) is 50.3 Å². The summed E-state index contributed by atoms with van der Waals surface area (Å²) in [5.74, 6) is 0.946. The number of H-pyrrole nitrogens is 1. The van der Waals surface area contributed by atoms with Gasteiger partial charge in [-0.1, -0.05) is 18.2 Å². The Morgan fingerprint density at radius 3 is 2.71 bits per heavy atom. The van der Waals surface area contributed by atoms with Gasteiger partial charge < -0.3 is 9.72 Å². The first kappa shape index (κ1) is 13.9. The van der Waals surface area contributed by atoms with E-state index in [-0.39, 0.29) is 5.69 Å². The van der Waals surface area contributed by atoms with Crippen LogP contribution in [-0.2, 0) is 6.54 Å². The number of hydrogen-bond donors (Lipinski definition) is 1. The highest BCUT2D eigenvalue weighted by Gasteiger charge is 2.22. The molecule has 21 heavy (non-hydrogen) atoms. The molecule has 2 aromatic rings. The van der Waals surface area contributed by atoms with Crippen LogP contribution in [0.3, 0.4) is 0 Å². The molecule has 1 aliphatic heterocycles. The zero-order valence-corrected chi connectivity index (χ0v) is 12.3. The third-order valence-electron chi connectivity index (χ3n) is 4.21. The molecule has 0 bridgehead atoms. The van der Waals surface area contributed by atoms with E-state index in [4.69, 9.17) is 4.74 Å². The highest BCUT2D eigenvalue weighted by atomic mass is 16.5. The van der Waals surface area contributed by atoms with E-state index in [1.165, 1.54) is 5.56 Å². The molecular formula is C16H21N3O2. The number of rotatable bonds is 4. The van der Waals surface area contributed by atoms with Crippen LogP contribution in [0, 0.1) is 0 Å². The molecule has 3 rings (SSSR count). The number of ether oxygens (including phenoxy) is 1. The Bertz CT molecular complexity index is 639. The number of methoxy groups -OCH3 is 1. The van der Waals surface area contributed by atoms with Gasteiger partial charge >= 0.3 is 5.69 Å². The number of nitrogens with one attached hydrogen (secondary N) is 1. The van der Waals surface area contributed by atoms with Gasteiger partial charge in [-0.05, 0) is 18.9 Å². The number of piperidine rings is 1. The van der Waals surface area contributed by atoms with Crippen LogP contribution in [0.15, 0.2) is 41.5 Å². The molecule has 2 heterocycles. The van der Waals surface area contributed by atoms with Gasteiger partial charge in [-0.2, -0.15) is 0 Å². The van der Waals surface area contributed by atoms with Gasteiger partial charge in [-0.25, -0.2) is 4.79 Å². The number of hydrogen-bond acceptors (Lipinski definition) is 3. The average Bonchev–Trinajstić information content (AvgIpc) is 2.95. The van der Waals surface area contributed by atoms with Crippen LogP contribution in [0.25, 0.3) is 0 Å². The average molecular weight is 287 g/mol. The Morgan fingerprint density at radius 2 is 2.05 bits per heavy atom. The molecule has 1 aromatic carbocycles. The van der Waals surface area contributed by atoms with Crippen molar-refractivity contribution in [2.45, 2.75) is 25.4 Å². The van der Waals surface area contributed by atoms with E-state index in [9.17, 15) is 4.79 Å². The second-order valence-corrected chi connectivity index (χ2v) is 5.49. The molecule has 0 saturated carbocycles. The van der Waals surface area contributed by atoms with Crippen molar-refractivity contribution in [2.24, 2.45) is 0 Å². The van der Waals surface area contributed by atoms with Gasteiger partial charge in [0.15, 0.2) is 0 Å². The number of nitrogens with zero attached hydrogens (tertiary/aromatic N) is 2. The van der Waals surface area contributed by atoms with Gasteiger partial charge in [0.2, 0.25) is 0 Å². The smallest absolute Gasteiger partial charge is 0.325 e. The maximum atomic E-state index is 11.7. The van der Waals surface area contributed by atoms with Gasteiger partial charge in [0.25, 0.3) is 0 Å². The number of aromatic amines is 1. The van der Waals surface area contributed by atoms with E-state index in [0.717, 1.165) is 38.2 Å². The lowest BCUT2D eigenvalue weighted by Gasteiger charge is -2.32. The van der Waals surface area contributed by atoms with Crippen molar-refractivity contribution < 1.29 is 4.74 Å². The molecule has 0 spiro atoms. The SMILES string of the molecule is COc1ccccc1CN1CCC(n2cc[nH]c2=O)CC1.